The second kappa shape index (κ2) is 2.79. The summed E-state index contributed by atoms with van der Waals surface area (Å²) in [6.07, 6.45) is 2.23. The lowest BCUT2D eigenvalue weighted by atomic mass is 9.93. The SMILES string of the molecule is CN1CCC2C(=O)N=CN=C2C1. The summed E-state index contributed by atoms with van der Waals surface area (Å²) in [6, 6.07) is 0. The zero-order valence-electron chi connectivity index (χ0n) is 7.03. The lowest BCUT2D eigenvalue weighted by molar-refractivity contribution is -0.120. The molecule has 0 aromatic carbocycles. The minimum Gasteiger partial charge on any atom is -0.301 e. The van der Waals surface area contributed by atoms with Gasteiger partial charge in [-0.15, -0.1) is 0 Å². The Labute approximate surface area is 71.0 Å². The molecule has 2 heterocycles. The topological polar surface area (TPSA) is 45.0 Å². The summed E-state index contributed by atoms with van der Waals surface area (Å²) in [5.74, 6) is -0.0423. The molecule has 1 fully saturated rings. The molecule has 0 radical (unpaired) electrons. The second-order valence-electron chi connectivity index (χ2n) is 3.28. The van der Waals surface area contributed by atoms with Crippen LogP contribution in [0, 0.1) is 5.92 Å². The maximum absolute atomic E-state index is 11.2. The van der Waals surface area contributed by atoms with Crippen molar-refractivity contribution >= 4 is 18.0 Å². The van der Waals surface area contributed by atoms with Gasteiger partial charge in [0.2, 0.25) is 0 Å². The van der Waals surface area contributed by atoms with Crippen molar-refractivity contribution in [1.82, 2.24) is 4.90 Å². The average Bonchev–Trinajstić information content (AvgIpc) is 2.04. The maximum atomic E-state index is 11.2. The highest BCUT2D eigenvalue weighted by molar-refractivity contribution is 6.12. The zero-order chi connectivity index (χ0) is 8.55. The Bertz CT molecular complexity index is 269. The second-order valence-corrected chi connectivity index (χ2v) is 3.28. The van der Waals surface area contributed by atoms with Crippen LogP contribution in [0.1, 0.15) is 6.42 Å². The van der Waals surface area contributed by atoms with E-state index in [9.17, 15) is 4.79 Å². The third-order valence-corrected chi connectivity index (χ3v) is 2.34. The van der Waals surface area contributed by atoms with Crippen LogP contribution in [0.5, 0.6) is 0 Å². The smallest absolute Gasteiger partial charge is 0.256 e. The van der Waals surface area contributed by atoms with Crippen LogP contribution in [0.4, 0.5) is 0 Å². The van der Waals surface area contributed by atoms with Crippen LogP contribution < -0.4 is 0 Å². The molecule has 2 aliphatic rings. The summed E-state index contributed by atoms with van der Waals surface area (Å²) in [6.45, 7) is 1.77. The van der Waals surface area contributed by atoms with Crippen molar-refractivity contribution in [2.24, 2.45) is 15.9 Å². The number of carbonyl (C=O) groups is 1. The molecule has 0 saturated carbocycles. The fourth-order valence-electron chi connectivity index (χ4n) is 1.63. The van der Waals surface area contributed by atoms with Gasteiger partial charge in [-0.25, -0.2) is 9.98 Å². The summed E-state index contributed by atoms with van der Waals surface area (Å²) >= 11 is 0. The molecule has 4 heteroatoms. The molecule has 2 aliphatic heterocycles. The number of piperidine rings is 1. The molecule has 64 valence electrons. The average molecular weight is 165 g/mol. The van der Waals surface area contributed by atoms with Gasteiger partial charge in [0.25, 0.3) is 5.91 Å². The van der Waals surface area contributed by atoms with E-state index in [1.807, 2.05) is 7.05 Å². The number of aliphatic imine (C=N–C) groups is 2. The van der Waals surface area contributed by atoms with Crippen LogP contribution in [0.15, 0.2) is 9.98 Å². The number of amides is 1. The lowest BCUT2D eigenvalue weighted by Gasteiger charge is -2.29. The van der Waals surface area contributed by atoms with Gasteiger partial charge in [0.15, 0.2) is 0 Å². The minimum absolute atomic E-state index is 0.0203. The summed E-state index contributed by atoms with van der Waals surface area (Å²) < 4.78 is 0. The van der Waals surface area contributed by atoms with Gasteiger partial charge in [-0.3, -0.25) is 4.79 Å². The van der Waals surface area contributed by atoms with Crippen LogP contribution in [0.2, 0.25) is 0 Å². The van der Waals surface area contributed by atoms with Crippen LogP contribution in [-0.2, 0) is 4.79 Å². The van der Waals surface area contributed by atoms with Crippen molar-refractivity contribution in [3.05, 3.63) is 0 Å². The third-order valence-electron chi connectivity index (χ3n) is 2.34. The van der Waals surface area contributed by atoms with E-state index in [2.05, 4.69) is 14.9 Å². The molecule has 1 amide bonds. The first-order valence-electron chi connectivity index (χ1n) is 4.09. The predicted octanol–water partition coefficient (Wildman–Crippen LogP) is -0.0524. The standard InChI is InChI=1S/C8H11N3O/c1-11-3-2-6-7(4-11)9-5-10-8(6)12/h5-6H,2-4H2,1H3. The normalized spacial score (nSPS) is 29.9. The van der Waals surface area contributed by atoms with E-state index in [0.717, 1.165) is 25.2 Å². The molecule has 0 spiro atoms. The number of hydrogen-bond acceptors (Lipinski definition) is 3. The summed E-state index contributed by atoms with van der Waals surface area (Å²) in [7, 11) is 2.04. The first kappa shape index (κ1) is 7.61. The molecule has 1 unspecified atom stereocenters. The Morgan fingerprint density at radius 3 is 3.33 bits per heavy atom. The van der Waals surface area contributed by atoms with Crippen molar-refractivity contribution in [2.75, 3.05) is 20.1 Å². The monoisotopic (exact) mass is 165 g/mol. The molecule has 0 bridgehead atoms. The number of rotatable bonds is 0. The van der Waals surface area contributed by atoms with Gasteiger partial charge in [0, 0.05) is 12.3 Å². The van der Waals surface area contributed by atoms with Gasteiger partial charge < -0.3 is 4.90 Å². The first-order chi connectivity index (χ1) is 5.77. The molecule has 0 N–H and O–H groups in total. The third kappa shape index (κ3) is 1.18. The molecular formula is C8H11N3O. The Morgan fingerprint density at radius 2 is 2.50 bits per heavy atom. The predicted molar refractivity (Wildman–Crippen MR) is 46.5 cm³/mol. The molecule has 4 nitrogen and oxygen atoms in total. The summed E-state index contributed by atoms with van der Waals surface area (Å²) in [4.78, 5) is 21.2. The minimum atomic E-state index is -0.0220. The number of carbonyl (C=O) groups excluding carboxylic acids is 1. The van der Waals surface area contributed by atoms with Gasteiger partial charge in [0.05, 0.1) is 5.92 Å². The summed E-state index contributed by atoms with van der Waals surface area (Å²) in [5, 5.41) is 0. The van der Waals surface area contributed by atoms with E-state index in [0.29, 0.717) is 0 Å². The van der Waals surface area contributed by atoms with Crippen molar-refractivity contribution in [1.29, 1.82) is 0 Å². The number of fused-ring (bicyclic) bond motifs is 1. The van der Waals surface area contributed by atoms with Gasteiger partial charge >= 0.3 is 0 Å². The highest BCUT2D eigenvalue weighted by atomic mass is 16.1. The maximum Gasteiger partial charge on any atom is 0.256 e. The largest absolute Gasteiger partial charge is 0.301 e. The van der Waals surface area contributed by atoms with E-state index in [1.54, 1.807) is 0 Å². The molecule has 0 aromatic rings. The molecule has 1 saturated heterocycles. The Kier molecular flexibility index (Phi) is 1.77. The van der Waals surface area contributed by atoms with Gasteiger partial charge in [0.1, 0.15) is 6.34 Å². The highest BCUT2D eigenvalue weighted by Crippen LogP contribution is 2.17. The van der Waals surface area contributed by atoms with E-state index >= 15 is 0 Å². The number of hydrogen-bond donors (Lipinski definition) is 0. The van der Waals surface area contributed by atoms with E-state index < -0.39 is 0 Å². The first-order valence-corrected chi connectivity index (χ1v) is 4.09. The lowest BCUT2D eigenvalue weighted by Crippen LogP contribution is -2.42. The quantitative estimate of drug-likeness (QED) is 0.505. The molecule has 0 aromatic heterocycles. The molecular weight excluding hydrogens is 154 g/mol. The number of nitrogens with zero attached hydrogens (tertiary/aromatic N) is 3. The fraction of sp³-hybridized carbons (Fsp3) is 0.625. The molecule has 1 atom stereocenters. The van der Waals surface area contributed by atoms with Gasteiger partial charge in [-0.2, -0.15) is 0 Å². The molecule has 12 heavy (non-hydrogen) atoms. The van der Waals surface area contributed by atoms with Crippen molar-refractivity contribution in [3.63, 3.8) is 0 Å². The Hall–Kier alpha value is -1.03. The van der Waals surface area contributed by atoms with Crippen LogP contribution in [-0.4, -0.2) is 43.0 Å². The summed E-state index contributed by atoms with van der Waals surface area (Å²) in [5.41, 5.74) is 0.976. The van der Waals surface area contributed by atoms with E-state index in [-0.39, 0.29) is 11.8 Å². The molecule has 0 aliphatic carbocycles. The van der Waals surface area contributed by atoms with E-state index in [1.165, 1.54) is 6.34 Å². The Morgan fingerprint density at radius 1 is 1.67 bits per heavy atom. The van der Waals surface area contributed by atoms with Crippen molar-refractivity contribution in [2.45, 2.75) is 6.42 Å². The van der Waals surface area contributed by atoms with Crippen LogP contribution in [0.3, 0.4) is 0 Å². The van der Waals surface area contributed by atoms with Crippen molar-refractivity contribution < 1.29 is 4.79 Å². The van der Waals surface area contributed by atoms with Crippen LogP contribution in [0.25, 0.3) is 0 Å². The van der Waals surface area contributed by atoms with Gasteiger partial charge in [-0.05, 0) is 20.0 Å². The fourth-order valence-corrected chi connectivity index (χ4v) is 1.63. The van der Waals surface area contributed by atoms with Gasteiger partial charge in [-0.1, -0.05) is 0 Å². The molecule has 2 rings (SSSR count). The number of likely N-dealkylation sites (tertiary alicyclic amines) is 1. The zero-order valence-corrected chi connectivity index (χ0v) is 7.03. The highest BCUT2D eigenvalue weighted by Gasteiger charge is 2.30. The van der Waals surface area contributed by atoms with Crippen LogP contribution >= 0.6 is 0 Å². The Balaban J connectivity index is 2.22. The van der Waals surface area contributed by atoms with Crippen molar-refractivity contribution in [3.8, 4) is 0 Å². The van der Waals surface area contributed by atoms with E-state index in [4.69, 9.17) is 0 Å².